The molecule has 0 atom stereocenters. The van der Waals surface area contributed by atoms with E-state index in [1.54, 1.807) is 4.68 Å². The molecule has 0 radical (unpaired) electrons. The molecule has 0 unspecified atom stereocenters. The van der Waals surface area contributed by atoms with Crippen molar-refractivity contribution in [1.29, 1.82) is 0 Å². The van der Waals surface area contributed by atoms with Crippen molar-refractivity contribution in [2.75, 3.05) is 0 Å². The zero-order valence-electron chi connectivity index (χ0n) is 8.99. The zero-order valence-corrected chi connectivity index (χ0v) is 8.99. The molecule has 1 heterocycles. The summed E-state index contributed by atoms with van der Waals surface area (Å²) < 4.78 is 1.79. The first kappa shape index (κ1) is 10.5. The summed E-state index contributed by atoms with van der Waals surface area (Å²) in [5.74, 6) is 0. The summed E-state index contributed by atoms with van der Waals surface area (Å²) in [6.07, 6.45) is 9.91. The van der Waals surface area contributed by atoms with E-state index < -0.39 is 0 Å². The van der Waals surface area contributed by atoms with Gasteiger partial charge in [0.1, 0.15) is 0 Å². The summed E-state index contributed by atoms with van der Waals surface area (Å²) >= 11 is 0. The smallest absolute Gasteiger partial charge is 0.0568 e. The second kappa shape index (κ2) is 4.61. The number of allylic oxidation sites excluding steroid dienone is 5. The number of aromatic nitrogens is 2. The van der Waals surface area contributed by atoms with Gasteiger partial charge in [0.05, 0.1) is 6.20 Å². The van der Waals surface area contributed by atoms with E-state index in [4.69, 9.17) is 0 Å². The average Bonchev–Trinajstić information content (AvgIpc) is 2.52. The van der Waals surface area contributed by atoms with Crippen LogP contribution in [0.15, 0.2) is 42.8 Å². The molecular weight excluding hydrogens is 172 g/mol. The van der Waals surface area contributed by atoms with Crippen LogP contribution < -0.4 is 0 Å². The Morgan fingerprint density at radius 3 is 2.71 bits per heavy atom. The summed E-state index contributed by atoms with van der Waals surface area (Å²) in [5.41, 5.74) is 3.30. The highest BCUT2D eigenvalue weighted by molar-refractivity contribution is 5.78. The zero-order chi connectivity index (χ0) is 10.6. The molecular formula is C12H16N2. The normalized spacial score (nSPS) is 12.4. The van der Waals surface area contributed by atoms with E-state index in [0.717, 1.165) is 16.7 Å². The Hall–Kier alpha value is -1.57. The fourth-order valence-corrected chi connectivity index (χ4v) is 1.24. The molecule has 1 aromatic heterocycles. The van der Waals surface area contributed by atoms with Crippen LogP contribution in [0.1, 0.15) is 19.4 Å². The van der Waals surface area contributed by atoms with Crippen LogP contribution in [0.5, 0.6) is 0 Å². The summed E-state index contributed by atoms with van der Waals surface area (Å²) in [4.78, 5) is 0. The minimum absolute atomic E-state index is 1.05. The van der Waals surface area contributed by atoms with Gasteiger partial charge in [0, 0.05) is 18.8 Å². The SMILES string of the molecule is C=C(C)/C(=C\C=C/C)c1cnn(C)c1. The van der Waals surface area contributed by atoms with Gasteiger partial charge in [-0.05, 0) is 19.4 Å². The Kier molecular flexibility index (Phi) is 3.46. The topological polar surface area (TPSA) is 17.8 Å². The van der Waals surface area contributed by atoms with Gasteiger partial charge in [0.25, 0.3) is 0 Å². The molecule has 0 fully saturated rings. The second-order valence-corrected chi connectivity index (χ2v) is 3.29. The Bertz CT molecular complexity index is 381. The molecule has 0 saturated carbocycles. The monoisotopic (exact) mass is 188 g/mol. The average molecular weight is 188 g/mol. The minimum Gasteiger partial charge on any atom is -0.275 e. The molecule has 0 saturated heterocycles. The van der Waals surface area contributed by atoms with Gasteiger partial charge in [-0.3, -0.25) is 4.68 Å². The van der Waals surface area contributed by atoms with Crippen molar-refractivity contribution < 1.29 is 0 Å². The number of aryl methyl sites for hydroxylation is 1. The molecule has 74 valence electrons. The van der Waals surface area contributed by atoms with Gasteiger partial charge in [-0.15, -0.1) is 0 Å². The molecule has 0 spiro atoms. The third-order valence-corrected chi connectivity index (χ3v) is 1.93. The maximum atomic E-state index is 4.14. The van der Waals surface area contributed by atoms with Crippen LogP contribution in [0.2, 0.25) is 0 Å². The number of nitrogens with zero attached hydrogens (tertiary/aromatic N) is 2. The van der Waals surface area contributed by atoms with E-state index in [9.17, 15) is 0 Å². The first-order chi connectivity index (χ1) is 6.65. The summed E-state index contributed by atoms with van der Waals surface area (Å²) in [6, 6.07) is 0. The Balaban J connectivity index is 3.06. The van der Waals surface area contributed by atoms with Crippen molar-refractivity contribution in [2.45, 2.75) is 13.8 Å². The molecule has 14 heavy (non-hydrogen) atoms. The van der Waals surface area contributed by atoms with Gasteiger partial charge >= 0.3 is 0 Å². The van der Waals surface area contributed by atoms with E-state index >= 15 is 0 Å². The summed E-state index contributed by atoms with van der Waals surface area (Å²) in [7, 11) is 1.91. The minimum atomic E-state index is 1.05. The molecule has 1 rings (SSSR count). The Labute approximate surface area is 85.3 Å². The lowest BCUT2D eigenvalue weighted by Gasteiger charge is -2.01. The fraction of sp³-hybridized carbons (Fsp3) is 0.250. The quantitative estimate of drug-likeness (QED) is 0.667. The molecule has 2 heteroatoms. The number of rotatable bonds is 3. The van der Waals surface area contributed by atoms with Crippen molar-refractivity contribution in [3.8, 4) is 0 Å². The van der Waals surface area contributed by atoms with Gasteiger partial charge in [-0.25, -0.2) is 0 Å². The van der Waals surface area contributed by atoms with Gasteiger partial charge in [-0.1, -0.05) is 30.4 Å². The maximum Gasteiger partial charge on any atom is 0.0568 e. The van der Waals surface area contributed by atoms with Gasteiger partial charge in [-0.2, -0.15) is 5.10 Å². The van der Waals surface area contributed by atoms with Crippen molar-refractivity contribution in [2.24, 2.45) is 7.05 Å². The predicted molar refractivity (Wildman–Crippen MR) is 60.8 cm³/mol. The van der Waals surface area contributed by atoms with E-state index in [1.807, 2.05) is 45.4 Å². The predicted octanol–water partition coefficient (Wildman–Crippen LogP) is 2.96. The summed E-state index contributed by atoms with van der Waals surface area (Å²) in [6.45, 7) is 7.95. The third-order valence-electron chi connectivity index (χ3n) is 1.93. The summed E-state index contributed by atoms with van der Waals surface area (Å²) in [5, 5.41) is 4.14. The molecule has 0 aliphatic heterocycles. The van der Waals surface area contributed by atoms with Crippen LogP contribution in [0.4, 0.5) is 0 Å². The number of hydrogen-bond donors (Lipinski definition) is 0. The Morgan fingerprint density at radius 2 is 2.29 bits per heavy atom. The lowest BCUT2D eigenvalue weighted by molar-refractivity contribution is 0.767. The van der Waals surface area contributed by atoms with Crippen LogP contribution in [0, 0.1) is 0 Å². The third kappa shape index (κ3) is 2.46. The van der Waals surface area contributed by atoms with Crippen molar-refractivity contribution in [3.05, 3.63) is 48.3 Å². The Morgan fingerprint density at radius 1 is 1.57 bits per heavy atom. The first-order valence-electron chi connectivity index (χ1n) is 4.63. The molecule has 2 nitrogen and oxygen atoms in total. The van der Waals surface area contributed by atoms with Crippen LogP contribution in [0.25, 0.3) is 5.57 Å². The number of hydrogen-bond acceptors (Lipinski definition) is 1. The largest absolute Gasteiger partial charge is 0.275 e. The first-order valence-corrected chi connectivity index (χ1v) is 4.63. The fourth-order valence-electron chi connectivity index (χ4n) is 1.24. The molecule has 1 aromatic rings. The van der Waals surface area contributed by atoms with Gasteiger partial charge < -0.3 is 0 Å². The van der Waals surface area contributed by atoms with Crippen molar-refractivity contribution in [3.63, 3.8) is 0 Å². The lowest BCUT2D eigenvalue weighted by atomic mass is 10.0. The highest BCUT2D eigenvalue weighted by Gasteiger charge is 2.02. The molecule has 0 aromatic carbocycles. The van der Waals surface area contributed by atoms with E-state index in [-0.39, 0.29) is 0 Å². The molecule has 0 bridgehead atoms. The lowest BCUT2D eigenvalue weighted by Crippen LogP contribution is -1.85. The van der Waals surface area contributed by atoms with Crippen molar-refractivity contribution in [1.82, 2.24) is 9.78 Å². The standard InChI is InChI=1S/C12H16N2/c1-5-6-7-12(10(2)3)11-8-13-14(4)9-11/h5-9H,2H2,1,3-4H3/b6-5-,12-7+. The van der Waals surface area contributed by atoms with Crippen LogP contribution in [-0.4, -0.2) is 9.78 Å². The molecule has 0 aliphatic carbocycles. The van der Waals surface area contributed by atoms with E-state index in [2.05, 4.69) is 17.8 Å². The van der Waals surface area contributed by atoms with Gasteiger partial charge in [0.15, 0.2) is 0 Å². The highest BCUT2D eigenvalue weighted by atomic mass is 15.2. The van der Waals surface area contributed by atoms with Crippen molar-refractivity contribution >= 4 is 5.57 Å². The van der Waals surface area contributed by atoms with E-state index in [1.165, 1.54) is 0 Å². The van der Waals surface area contributed by atoms with E-state index in [0.29, 0.717) is 0 Å². The molecule has 0 aliphatic rings. The van der Waals surface area contributed by atoms with Crippen LogP contribution >= 0.6 is 0 Å². The second-order valence-electron chi connectivity index (χ2n) is 3.29. The maximum absolute atomic E-state index is 4.14. The van der Waals surface area contributed by atoms with Gasteiger partial charge in [0.2, 0.25) is 0 Å². The van der Waals surface area contributed by atoms with Crippen LogP contribution in [0.3, 0.4) is 0 Å². The molecule has 0 N–H and O–H groups in total. The van der Waals surface area contributed by atoms with Crippen LogP contribution in [-0.2, 0) is 7.05 Å². The molecule has 0 amide bonds. The highest BCUT2D eigenvalue weighted by Crippen LogP contribution is 2.20.